The molecule has 3 atom stereocenters. The number of halogens is 1. The Kier molecular flexibility index (Phi) is 11.7. The molecule has 0 rings (SSSR count). The van der Waals surface area contributed by atoms with Crippen LogP contribution in [0.3, 0.4) is 0 Å². The monoisotopic (exact) mass is 428 g/mol. The standard InChI is InChI=1S/C27H57FSi/c1-22(19-25(4,5)6)13-16-29(28,17-14-23(2)20-26(7,8)9)18-15-24(3)21-27(10,11)12/h22-24H,13-21H2,1-12H3/t22-,23-,24-/m1/s1. The maximum Gasteiger partial charge on any atom is 0.247 e. The molecule has 0 saturated heterocycles. The molecule has 0 saturated carbocycles. The predicted molar refractivity (Wildman–Crippen MR) is 135 cm³/mol. The van der Waals surface area contributed by atoms with Crippen LogP contribution in [0.2, 0.25) is 18.1 Å². The van der Waals surface area contributed by atoms with Gasteiger partial charge in [-0.3, -0.25) is 0 Å². The van der Waals surface area contributed by atoms with Crippen molar-refractivity contribution < 1.29 is 4.11 Å². The zero-order valence-corrected chi connectivity index (χ0v) is 23.5. The van der Waals surface area contributed by atoms with E-state index in [1.165, 1.54) is 19.3 Å². The second kappa shape index (κ2) is 11.7. The van der Waals surface area contributed by atoms with Crippen LogP contribution in [0.15, 0.2) is 0 Å². The quantitative estimate of drug-likeness (QED) is 0.214. The van der Waals surface area contributed by atoms with Crippen LogP contribution in [0.25, 0.3) is 0 Å². The van der Waals surface area contributed by atoms with Gasteiger partial charge in [0, 0.05) is 0 Å². The minimum Gasteiger partial charge on any atom is -0.314 e. The molecule has 0 radical (unpaired) electrons. The highest BCUT2D eigenvalue weighted by atomic mass is 28.4. The van der Waals surface area contributed by atoms with Crippen LogP contribution in [0, 0.1) is 34.0 Å². The normalized spacial score (nSPS) is 17.3. The molecule has 0 bridgehead atoms. The molecule has 176 valence electrons. The first-order valence-electron chi connectivity index (χ1n) is 12.5. The molecule has 0 spiro atoms. The first-order chi connectivity index (χ1) is 12.8. The van der Waals surface area contributed by atoms with Crippen LogP contribution in [0.1, 0.15) is 122 Å². The average Bonchev–Trinajstić information content (AvgIpc) is 2.44. The van der Waals surface area contributed by atoms with Gasteiger partial charge in [-0.15, -0.1) is 0 Å². The molecular formula is C27H57FSi. The molecule has 0 amide bonds. The van der Waals surface area contributed by atoms with Crippen molar-refractivity contribution in [1.82, 2.24) is 0 Å². The molecule has 0 fully saturated rings. The lowest BCUT2D eigenvalue weighted by molar-refractivity contribution is 0.294. The van der Waals surface area contributed by atoms with Crippen LogP contribution in [0.5, 0.6) is 0 Å². The summed E-state index contributed by atoms with van der Waals surface area (Å²) >= 11 is 0. The molecule has 0 aromatic carbocycles. The highest BCUT2D eigenvalue weighted by Crippen LogP contribution is 2.37. The Morgan fingerprint density at radius 1 is 0.517 bits per heavy atom. The van der Waals surface area contributed by atoms with Crippen molar-refractivity contribution in [2.45, 2.75) is 140 Å². The Morgan fingerprint density at radius 2 is 0.724 bits per heavy atom. The predicted octanol–water partition coefficient (Wildman–Crippen LogP) is 10.3. The van der Waals surface area contributed by atoms with E-state index in [0.717, 1.165) is 37.4 Å². The lowest BCUT2D eigenvalue weighted by Gasteiger charge is -2.30. The van der Waals surface area contributed by atoms with Crippen molar-refractivity contribution in [3.05, 3.63) is 0 Å². The van der Waals surface area contributed by atoms with Crippen LogP contribution in [-0.2, 0) is 0 Å². The first-order valence-corrected chi connectivity index (χ1v) is 15.0. The Morgan fingerprint density at radius 3 is 0.897 bits per heavy atom. The highest BCUT2D eigenvalue weighted by molar-refractivity contribution is 6.73. The molecule has 0 heterocycles. The summed E-state index contributed by atoms with van der Waals surface area (Å²) in [5.41, 5.74) is 1.05. The minimum atomic E-state index is -2.66. The molecule has 29 heavy (non-hydrogen) atoms. The summed E-state index contributed by atoms with van der Waals surface area (Å²) in [4.78, 5) is 0. The summed E-state index contributed by atoms with van der Waals surface area (Å²) in [5.74, 6) is 1.91. The Labute approximate surface area is 186 Å². The van der Waals surface area contributed by atoms with Gasteiger partial charge in [-0.1, -0.05) is 102 Å². The van der Waals surface area contributed by atoms with Gasteiger partial charge in [0.1, 0.15) is 0 Å². The fraction of sp³-hybridized carbons (Fsp3) is 1.00. The van der Waals surface area contributed by atoms with E-state index in [1.54, 1.807) is 0 Å². The van der Waals surface area contributed by atoms with E-state index in [9.17, 15) is 0 Å². The first kappa shape index (κ1) is 29.1. The smallest absolute Gasteiger partial charge is 0.247 e. The van der Waals surface area contributed by atoms with Gasteiger partial charge in [-0.2, -0.15) is 0 Å². The Hall–Kier alpha value is 0.147. The fourth-order valence-electron chi connectivity index (χ4n) is 5.33. The molecule has 0 aliphatic carbocycles. The summed E-state index contributed by atoms with van der Waals surface area (Å²) in [6.07, 6.45) is 6.87. The van der Waals surface area contributed by atoms with E-state index in [0.29, 0.717) is 34.0 Å². The SMILES string of the molecule is C[C@H](CC[Si](F)(CC[C@@H](C)CC(C)(C)C)CC[C@@H](C)CC(C)(C)C)CC(C)(C)C. The van der Waals surface area contributed by atoms with Gasteiger partial charge < -0.3 is 4.11 Å². The number of hydrogen-bond acceptors (Lipinski definition) is 0. The van der Waals surface area contributed by atoms with E-state index in [-0.39, 0.29) is 0 Å². The van der Waals surface area contributed by atoms with Crippen molar-refractivity contribution >= 4 is 8.41 Å². The zero-order valence-electron chi connectivity index (χ0n) is 22.5. The lowest BCUT2D eigenvalue weighted by Crippen LogP contribution is -2.31. The average molecular weight is 429 g/mol. The molecule has 0 aliphatic heterocycles. The van der Waals surface area contributed by atoms with Gasteiger partial charge >= 0.3 is 0 Å². The number of hydrogen-bond donors (Lipinski definition) is 0. The van der Waals surface area contributed by atoms with Crippen molar-refractivity contribution in [1.29, 1.82) is 0 Å². The fourth-order valence-corrected chi connectivity index (χ4v) is 9.11. The van der Waals surface area contributed by atoms with Crippen LogP contribution >= 0.6 is 0 Å². The van der Waals surface area contributed by atoms with Crippen molar-refractivity contribution in [3.63, 3.8) is 0 Å². The van der Waals surface area contributed by atoms with Gasteiger partial charge in [0.05, 0.1) is 0 Å². The highest BCUT2D eigenvalue weighted by Gasteiger charge is 2.35. The topological polar surface area (TPSA) is 0 Å². The van der Waals surface area contributed by atoms with E-state index >= 15 is 4.11 Å². The second-order valence-corrected chi connectivity index (χ2v) is 18.2. The summed E-state index contributed by atoms with van der Waals surface area (Å²) in [7, 11) is -2.66. The van der Waals surface area contributed by atoms with E-state index in [4.69, 9.17) is 0 Å². The maximum absolute atomic E-state index is 16.3. The summed E-state index contributed by atoms with van der Waals surface area (Å²) in [6, 6.07) is 2.65. The third kappa shape index (κ3) is 17.5. The van der Waals surface area contributed by atoms with E-state index in [1.807, 2.05) is 0 Å². The van der Waals surface area contributed by atoms with Gasteiger partial charge in [0.15, 0.2) is 0 Å². The van der Waals surface area contributed by atoms with Crippen LogP contribution < -0.4 is 0 Å². The van der Waals surface area contributed by atoms with E-state index < -0.39 is 8.41 Å². The molecular weight excluding hydrogens is 371 g/mol. The summed E-state index contributed by atoms with van der Waals surface area (Å²) < 4.78 is 16.3. The van der Waals surface area contributed by atoms with Crippen molar-refractivity contribution in [2.75, 3.05) is 0 Å². The third-order valence-corrected chi connectivity index (χ3v) is 9.69. The molecule has 0 aromatic heterocycles. The Bertz CT molecular complexity index is 370. The molecule has 0 aromatic rings. The van der Waals surface area contributed by atoms with Crippen molar-refractivity contribution in [2.24, 2.45) is 34.0 Å². The largest absolute Gasteiger partial charge is 0.314 e. The van der Waals surface area contributed by atoms with Gasteiger partial charge in [-0.25, -0.2) is 0 Å². The second-order valence-electron chi connectivity index (χ2n) is 14.4. The minimum absolute atomic E-state index is 0.350. The van der Waals surface area contributed by atoms with Crippen LogP contribution in [0.4, 0.5) is 4.11 Å². The molecule has 0 N–H and O–H groups in total. The van der Waals surface area contributed by atoms with Crippen LogP contribution in [-0.4, -0.2) is 8.41 Å². The van der Waals surface area contributed by atoms with Gasteiger partial charge in [0.2, 0.25) is 8.41 Å². The lowest BCUT2D eigenvalue weighted by atomic mass is 9.84. The molecule has 0 aliphatic rings. The van der Waals surface area contributed by atoms with E-state index in [2.05, 4.69) is 83.1 Å². The van der Waals surface area contributed by atoms with Crippen molar-refractivity contribution in [3.8, 4) is 0 Å². The molecule has 2 heteroatoms. The molecule has 0 unspecified atom stereocenters. The van der Waals surface area contributed by atoms with Gasteiger partial charge in [-0.05, 0) is 71.4 Å². The van der Waals surface area contributed by atoms with Gasteiger partial charge in [0.25, 0.3) is 0 Å². The maximum atomic E-state index is 16.3. The Balaban J connectivity index is 4.91. The zero-order chi connectivity index (χ0) is 23.1. The third-order valence-electron chi connectivity index (χ3n) is 6.14. The summed E-state index contributed by atoms with van der Waals surface area (Å²) in [5, 5.41) is 0. The molecule has 0 nitrogen and oxygen atoms in total. The number of rotatable bonds is 12. The summed E-state index contributed by atoms with van der Waals surface area (Å²) in [6.45, 7) is 27.8.